The second-order valence-electron chi connectivity index (χ2n) is 4.77. The van der Waals surface area contributed by atoms with Crippen LogP contribution in [0.5, 0.6) is 17.2 Å². The molecule has 0 aromatic heterocycles. The molecular weight excluding hydrogens is 272 g/mol. The summed E-state index contributed by atoms with van der Waals surface area (Å²) in [4.78, 5) is 4.35. The fraction of sp³-hybridized carbons (Fsp3) is 0.500. The Balaban J connectivity index is 3.04. The monoisotopic (exact) mass is 296 g/mol. The van der Waals surface area contributed by atoms with Crippen molar-refractivity contribution in [2.75, 3.05) is 33.2 Å². The molecule has 1 aromatic carbocycles. The lowest BCUT2D eigenvalue weighted by Crippen LogP contribution is -2.36. The Kier molecular flexibility index (Phi) is 6.61. The molecule has 0 unspecified atom stereocenters. The van der Waals surface area contributed by atoms with E-state index in [2.05, 4.69) is 29.6 Å². The molecule has 0 saturated heterocycles. The molecule has 1 rings (SSSR count). The number of hydrogen-bond donors (Lipinski definition) is 3. The van der Waals surface area contributed by atoms with Crippen molar-refractivity contribution in [3.63, 3.8) is 0 Å². The summed E-state index contributed by atoms with van der Waals surface area (Å²) in [5.41, 5.74) is 3.26. The second-order valence-corrected chi connectivity index (χ2v) is 4.77. The van der Waals surface area contributed by atoms with Gasteiger partial charge in [0, 0.05) is 24.4 Å². The average molecular weight is 296 g/mol. The topological polar surface area (TPSA) is 90.1 Å². The highest BCUT2D eigenvalue weighted by Gasteiger charge is 2.13. The molecule has 0 saturated carbocycles. The molecular formula is C14H24N4O3. The number of nitrogens with zero attached hydrogens (tertiary/aromatic N) is 1. The highest BCUT2D eigenvalue weighted by molar-refractivity contribution is 5.93. The molecule has 0 spiro atoms. The van der Waals surface area contributed by atoms with Gasteiger partial charge in [0.05, 0.1) is 21.3 Å². The van der Waals surface area contributed by atoms with Gasteiger partial charge in [0.2, 0.25) is 11.7 Å². The Labute approximate surface area is 125 Å². The van der Waals surface area contributed by atoms with E-state index in [0.29, 0.717) is 35.7 Å². The van der Waals surface area contributed by atoms with E-state index >= 15 is 0 Å². The summed E-state index contributed by atoms with van der Waals surface area (Å²) in [7, 11) is 4.69. The van der Waals surface area contributed by atoms with Crippen LogP contribution in [0.3, 0.4) is 0 Å². The molecule has 0 aliphatic heterocycles. The molecule has 0 amide bonds. The van der Waals surface area contributed by atoms with Gasteiger partial charge in [-0.05, 0) is 5.92 Å². The minimum absolute atomic E-state index is 0.440. The van der Waals surface area contributed by atoms with Crippen molar-refractivity contribution < 1.29 is 14.2 Å². The smallest absolute Gasteiger partial charge is 0.210 e. The first-order chi connectivity index (χ1) is 10.0. The minimum atomic E-state index is 0.440. The third-order valence-corrected chi connectivity index (χ3v) is 2.68. The molecule has 1 aromatic rings. The van der Waals surface area contributed by atoms with Gasteiger partial charge in [-0.15, -0.1) is 0 Å². The number of guanidine groups is 1. The maximum Gasteiger partial charge on any atom is 0.210 e. The molecule has 118 valence electrons. The van der Waals surface area contributed by atoms with Crippen LogP contribution < -0.4 is 30.8 Å². The standard InChI is InChI=1S/C14H24N4O3/c1-9(2)8-16-14(18-15)17-10-6-11(19-3)13(21-5)12(7-10)20-4/h6-7,9H,8,15H2,1-5H3,(H2,16,17,18). The van der Waals surface area contributed by atoms with Gasteiger partial charge in [0.25, 0.3) is 0 Å². The van der Waals surface area contributed by atoms with E-state index in [-0.39, 0.29) is 0 Å². The number of nitrogens with one attached hydrogen (secondary N) is 2. The molecule has 7 heteroatoms. The first-order valence-electron chi connectivity index (χ1n) is 6.63. The zero-order valence-corrected chi connectivity index (χ0v) is 13.2. The zero-order valence-electron chi connectivity index (χ0n) is 13.2. The first kappa shape index (κ1) is 16.9. The van der Waals surface area contributed by atoms with E-state index in [4.69, 9.17) is 20.1 Å². The number of anilines is 1. The molecule has 0 radical (unpaired) electrons. The van der Waals surface area contributed by atoms with Crippen LogP contribution in [0, 0.1) is 5.92 Å². The van der Waals surface area contributed by atoms with Crippen molar-refractivity contribution >= 4 is 11.6 Å². The lowest BCUT2D eigenvalue weighted by atomic mass is 10.2. The Hall–Kier alpha value is -2.15. The molecule has 0 aliphatic rings. The van der Waals surface area contributed by atoms with E-state index < -0.39 is 0 Å². The van der Waals surface area contributed by atoms with Crippen LogP contribution in [0.15, 0.2) is 17.1 Å². The maximum atomic E-state index is 5.47. The van der Waals surface area contributed by atoms with Crippen LogP contribution in [-0.4, -0.2) is 33.8 Å². The van der Waals surface area contributed by atoms with Crippen molar-refractivity contribution in [2.24, 2.45) is 16.8 Å². The molecule has 21 heavy (non-hydrogen) atoms. The summed E-state index contributed by atoms with van der Waals surface area (Å²) in [5, 5.41) is 3.08. The van der Waals surface area contributed by atoms with E-state index in [0.717, 1.165) is 5.69 Å². The van der Waals surface area contributed by atoms with Crippen LogP contribution in [0.25, 0.3) is 0 Å². The van der Waals surface area contributed by atoms with Crippen molar-refractivity contribution in [3.8, 4) is 17.2 Å². The van der Waals surface area contributed by atoms with Gasteiger partial charge >= 0.3 is 0 Å². The van der Waals surface area contributed by atoms with E-state index in [1.54, 1.807) is 33.5 Å². The largest absolute Gasteiger partial charge is 0.493 e. The highest BCUT2D eigenvalue weighted by Crippen LogP contribution is 2.39. The highest BCUT2D eigenvalue weighted by atomic mass is 16.5. The number of ether oxygens (including phenoxy) is 3. The van der Waals surface area contributed by atoms with Crippen molar-refractivity contribution in [1.82, 2.24) is 5.43 Å². The minimum Gasteiger partial charge on any atom is -0.493 e. The predicted molar refractivity (Wildman–Crippen MR) is 84.2 cm³/mol. The lowest BCUT2D eigenvalue weighted by Gasteiger charge is -2.16. The number of benzene rings is 1. The van der Waals surface area contributed by atoms with Gasteiger partial charge < -0.3 is 19.5 Å². The van der Waals surface area contributed by atoms with E-state index in [1.807, 2.05) is 0 Å². The Bertz CT molecular complexity index is 464. The van der Waals surface area contributed by atoms with Gasteiger partial charge in [0.1, 0.15) is 0 Å². The zero-order chi connectivity index (χ0) is 15.8. The Morgan fingerprint density at radius 3 is 2.10 bits per heavy atom. The van der Waals surface area contributed by atoms with E-state index in [9.17, 15) is 0 Å². The molecule has 0 atom stereocenters. The van der Waals surface area contributed by atoms with Crippen LogP contribution in [-0.2, 0) is 0 Å². The van der Waals surface area contributed by atoms with E-state index in [1.165, 1.54) is 0 Å². The average Bonchev–Trinajstić information content (AvgIpc) is 2.49. The summed E-state index contributed by atoms with van der Waals surface area (Å²) in [6.07, 6.45) is 0. The first-order valence-corrected chi connectivity index (χ1v) is 6.63. The second kappa shape index (κ2) is 8.21. The van der Waals surface area contributed by atoms with Gasteiger partial charge in [-0.2, -0.15) is 0 Å². The van der Waals surface area contributed by atoms with Crippen molar-refractivity contribution in [3.05, 3.63) is 12.1 Å². The van der Waals surface area contributed by atoms with Crippen LogP contribution in [0.2, 0.25) is 0 Å². The Morgan fingerprint density at radius 2 is 1.71 bits per heavy atom. The maximum absolute atomic E-state index is 5.47. The van der Waals surface area contributed by atoms with Crippen molar-refractivity contribution in [1.29, 1.82) is 0 Å². The quantitative estimate of drug-likeness (QED) is 0.320. The summed E-state index contributed by atoms with van der Waals surface area (Å²) in [6.45, 7) is 4.82. The fourth-order valence-corrected chi connectivity index (χ4v) is 1.69. The summed E-state index contributed by atoms with van der Waals surface area (Å²) in [5.74, 6) is 8.03. The summed E-state index contributed by atoms with van der Waals surface area (Å²) in [6, 6.07) is 3.56. The third-order valence-electron chi connectivity index (χ3n) is 2.68. The van der Waals surface area contributed by atoms with Crippen LogP contribution in [0.1, 0.15) is 13.8 Å². The molecule has 4 N–H and O–H groups in total. The van der Waals surface area contributed by atoms with Gasteiger partial charge in [-0.25, -0.2) is 5.84 Å². The molecule has 0 fully saturated rings. The number of nitrogens with two attached hydrogens (primary N) is 1. The number of rotatable bonds is 6. The summed E-state index contributed by atoms with van der Waals surface area (Å²) >= 11 is 0. The molecule has 0 aliphatic carbocycles. The number of hydrazine groups is 1. The van der Waals surface area contributed by atoms with Crippen LogP contribution in [0.4, 0.5) is 5.69 Å². The van der Waals surface area contributed by atoms with Crippen molar-refractivity contribution in [2.45, 2.75) is 13.8 Å². The van der Waals surface area contributed by atoms with Gasteiger partial charge in [-0.3, -0.25) is 10.4 Å². The molecule has 0 bridgehead atoms. The summed E-state index contributed by atoms with van der Waals surface area (Å²) < 4.78 is 15.9. The van der Waals surface area contributed by atoms with Crippen LogP contribution >= 0.6 is 0 Å². The van der Waals surface area contributed by atoms with Gasteiger partial charge in [0.15, 0.2) is 11.5 Å². The third kappa shape index (κ3) is 4.71. The fourth-order valence-electron chi connectivity index (χ4n) is 1.69. The molecule has 0 heterocycles. The number of methoxy groups -OCH3 is 3. The molecule has 7 nitrogen and oxygen atoms in total. The normalized spacial score (nSPS) is 11.3. The van der Waals surface area contributed by atoms with Gasteiger partial charge in [-0.1, -0.05) is 13.8 Å². The Morgan fingerprint density at radius 1 is 1.14 bits per heavy atom. The number of hydrogen-bond acceptors (Lipinski definition) is 5. The lowest BCUT2D eigenvalue weighted by molar-refractivity contribution is 0.324. The predicted octanol–water partition coefficient (Wildman–Crippen LogP) is 1.60. The number of aliphatic imine (C=N–C) groups is 1. The SMILES string of the molecule is COc1cc(NC(=NCC(C)C)NN)cc(OC)c1OC.